The van der Waals surface area contributed by atoms with Gasteiger partial charge in [-0.2, -0.15) is 0 Å². The van der Waals surface area contributed by atoms with Crippen molar-refractivity contribution in [1.29, 1.82) is 0 Å². The Morgan fingerprint density at radius 2 is 1.61 bits per heavy atom. The number of aliphatic hydroxyl groups excluding tert-OH is 1. The highest BCUT2D eigenvalue weighted by Crippen LogP contribution is 2.72. The SMILES string of the molecule is CCCC1O[C@@H]2C[C@H]3[C@@H]4C[C@H](F)C5=CC(=O)C=C[C@]5(C)[C@@]4(F)[C@@H](O)C[C@]3(C)[C@]2(C(=O)COCNC(=O)OCc2ccc(NC(=O)[C@H](CCCNC(N)=O)NC(=O)[C@@H](NC(=O)CCOCCNC(=O)OC[C@@H]3[C@@H]4CCC#CCC[C@@H]43)C(C)C)cc2)O1. The first-order valence-electron chi connectivity index (χ1n) is 29.8. The number of Topliss-reactive ketones (excluding diaryl/α,β-unsaturated/α-hetero) is 1. The number of benzene rings is 1. The van der Waals surface area contributed by atoms with Gasteiger partial charge in [-0.1, -0.05) is 52.3 Å². The number of anilines is 1. The minimum atomic E-state index is -2.36. The van der Waals surface area contributed by atoms with E-state index >= 15 is 8.78 Å². The molecule has 1 aliphatic heterocycles. The summed E-state index contributed by atoms with van der Waals surface area (Å²) in [5.74, 6) is 3.06. The number of halogens is 2. The quantitative estimate of drug-likeness (QED) is 0.0317. The molecule has 466 valence electrons. The van der Waals surface area contributed by atoms with Crippen molar-refractivity contribution in [2.75, 3.05) is 51.6 Å². The predicted molar refractivity (Wildman–Crippen MR) is 303 cm³/mol. The molecule has 1 saturated heterocycles. The van der Waals surface area contributed by atoms with E-state index in [-0.39, 0.29) is 82.9 Å². The van der Waals surface area contributed by atoms with E-state index in [1.807, 2.05) is 6.92 Å². The maximum atomic E-state index is 17.9. The van der Waals surface area contributed by atoms with Gasteiger partial charge < -0.3 is 65.8 Å². The van der Waals surface area contributed by atoms with E-state index in [2.05, 4.69) is 43.7 Å². The number of aliphatic hydroxyl groups is 1. The van der Waals surface area contributed by atoms with Crippen molar-refractivity contribution in [3.8, 4) is 11.8 Å². The summed E-state index contributed by atoms with van der Waals surface area (Å²) < 4.78 is 68.9. The summed E-state index contributed by atoms with van der Waals surface area (Å²) in [6.07, 6.45) is 2.17. The van der Waals surface area contributed by atoms with Crippen molar-refractivity contribution >= 4 is 53.2 Å². The topological polar surface area (TPSA) is 310 Å². The first kappa shape index (κ1) is 64.5. The number of ether oxygens (including phenoxy) is 6. The van der Waals surface area contributed by atoms with Crippen molar-refractivity contribution < 1.29 is 80.7 Å². The van der Waals surface area contributed by atoms with Crippen LogP contribution >= 0.6 is 0 Å². The van der Waals surface area contributed by atoms with Crippen molar-refractivity contribution in [2.24, 2.45) is 52.1 Å². The number of carbonyl (C=O) groups is 8. The molecule has 1 heterocycles. The van der Waals surface area contributed by atoms with Crippen LogP contribution in [0.2, 0.25) is 0 Å². The molecule has 1 unspecified atom stereocenters. The maximum Gasteiger partial charge on any atom is 0.409 e. The van der Waals surface area contributed by atoms with E-state index in [0.717, 1.165) is 31.8 Å². The fourth-order valence-corrected chi connectivity index (χ4v) is 14.2. The third kappa shape index (κ3) is 14.2. The number of fused-ring (bicyclic) bond motifs is 8. The lowest BCUT2D eigenvalue weighted by atomic mass is 9.44. The second-order valence-electron chi connectivity index (χ2n) is 24.2. The van der Waals surface area contributed by atoms with Gasteiger partial charge in [0, 0.05) is 54.8 Å². The van der Waals surface area contributed by atoms with Gasteiger partial charge in [-0.05, 0) is 123 Å². The number of carbonyl (C=O) groups excluding carboxylic acids is 8. The number of hydrogen-bond acceptors (Lipinski definition) is 15. The van der Waals surface area contributed by atoms with Gasteiger partial charge in [-0.15, -0.1) is 11.8 Å². The molecule has 5 fully saturated rings. The minimum Gasteiger partial charge on any atom is -0.449 e. The summed E-state index contributed by atoms with van der Waals surface area (Å²) in [6.45, 7) is 8.27. The predicted octanol–water partition coefficient (Wildman–Crippen LogP) is 5.25. The monoisotopic (exact) mass is 1190 g/mol. The Kier molecular flexibility index (Phi) is 21.2. The number of hydrogen-bond donors (Lipinski definition) is 8. The highest BCUT2D eigenvalue weighted by atomic mass is 19.1. The Hall–Kier alpha value is -6.52. The van der Waals surface area contributed by atoms with Gasteiger partial charge in [0.05, 0.1) is 32.0 Å². The Morgan fingerprint density at radius 3 is 2.31 bits per heavy atom. The van der Waals surface area contributed by atoms with Gasteiger partial charge >= 0.3 is 18.2 Å². The molecule has 6 aliphatic carbocycles. The number of nitrogens with one attached hydrogen (secondary N) is 6. The molecular weight excluding hydrogens is 1110 g/mol. The molecule has 1 aromatic rings. The Balaban J connectivity index is 0.770. The van der Waals surface area contributed by atoms with Crippen LogP contribution in [0.15, 0.2) is 48.1 Å². The van der Waals surface area contributed by atoms with Crippen molar-refractivity contribution in [3.05, 3.63) is 53.6 Å². The van der Waals surface area contributed by atoms with E-state index in [0.29, 0.717) is 48.5 Å². The zero-order valence-electron chi connectivity index (χ0n) is 49.1. The minimum absolute atomic E-state index is 0.00648. The number of amides is 7. The zero-order chi connectivity index (χ0) is 61.3. The van der Waals surface area contributed by atoms with Crippen LogP contribution in [-0.4, -0.2) is 147 Å². The number of rotatable bonds is 27. The Morgan fingerprint density at radius 1 is 0.894 bits per heavy atom. The van der Waals surface area contributed by atoms with Gasteiger partial charge in [0.15, 0.2) is 29.1 Å². The van der Waals surface area contributed by atoms with E-state index in [4.69, 9.17) is 34.2 Å². The summed E-state index contributed by atoms with van der Waals surface area (Å²) in [4.78, 5) is 104. The number of ketones is 2. The first-order chi connectivity index (χ1) is 40.6. The fourth-order valence-electron chi connectivity index (χ4n) is 14.2. The number of urea groups is 1. The largest absolute Gasteiger partial charge is 0.449 e. The molecule has 24 heteroatoms. The van der Waals surface area contributed by atoms with E-state index in [9.17, 15) is 43.5 Å². The van der Waals surface area contributed by atoms with Crippen molar-refractivity contribution in [2.45, 2.75) is 166 Å². The van der Waals surface area contributed by atoms with Crippen molar-refractivity contribution in [1.82, 2.24) is 26.6 Å². The number of primary amides is 1. The molecule has 22 nitrogen and oxygen atoms in total. The number of nitrogens with two attached hydrogens (primary N) is 1. The van der Waals surface area contributed by atoms with Crippen molar-refractivity contribution in [3.63, 3.8) is 0 Å². The van der Waals surface area contributed by atoms with E-state index in [1.165, 1.54) is 19.1 Å². The van der Waals surface area contributed by atoms with E-state index in [1.54, 1.807) is 45.0 Å². The lowest BCUT2D eigenvalue weighted by Crippen LogP contribution is -2.71. The standard InChI is InChI=1S/C61H83F2N7O15/c1-6-12-51-84-49-29-42-43-28-45(62)44-27-38(71)20-22-58(44,4)60(43,63)47(72)30-59(42,5)61(49,85-51)48(73)33-81-34-67-57(79)82-31-36-16-18-37(19-17-36)68-53(75)46(15-11-23-65-55(64)77)69-54(76)52(35(2)3)70-50(74)21-25-80-26-24-66-56(78)83-32-41-39-13-9-7-8-10-14-40(39)41/h16-20,22,27,35,39-43,45-47,49,51-52,72H,6,9-15,21,23-26,28-34H2,1-5H3,(H,66,78)(H,67,79)(H,68,75)(H,69,76)(H,70,74)(H3,64,65,77)/t39-,40+,41-,42-,43-,45-,46-,47-,49+,51?,52-,58-,59-,60-,61+/m0/s1. The first-order valence-corrected chi connectivity index (χ1v) is 29.8. The Labute approximate surface area is 494 Å². The molecule has 4 saturated carbocycles. The van der Waals surface area contributed by atoms with E-state index < -0.39 is 132 Å². The molecule has 9 N–H and O–H groups in total. The molecule has 0 radical (unpaired) electrons. The average molecular weight is 1190 g/mol. The summed E-state index contributed by atoms with van der Waals surface area (Å²) in [5, 5.41) is 27.7. The molecule has 1 aromatic carbocycles. The lowest BCUT2D eigenvalue weighted by molar-refractivity contribution is -0.235. The normalized spacial score (nSPS) is 31.8. The van der Waals surface area contributed by atoms with Gasteiger partial charge in [0.1, 0.15) is 38.2 Å². The molecular formula is C61H83F2N7O15. The molecule has 0 spiro atoms. The summed E-state index contributed by atoms with van der Waals surface area (Å²) in [7, 11) is 0. The zero-order valence-corrected chi connectivity index (χ0v) is 49.1. The molecule has 7 amide bonds. The molecule has 85 heavy (non-hydrogen) atoms. The molecule has 15 atom stereocenters. The fraction of sp³-hybridized carbons (Fsp3) is 0.672. The number of alkyl carbamates (subject to hydrolysis) is 2. The number of alkyl halides is 2. The van der Waals surface area contributed by atoms with Crippen LogP contribution in [0.4, 0.5) is 28.9 Å². The van der Waals surface area contributed by atoms with Gasteiger partial charge in [-0.25, -0.2) is 23.2 Å². The lowest BCUT2D eigenvalue weighted by Gasteiger charge is -2.63. The summed E-state index contributed by atoms with van der Waals surface area (Å²) in [6, 6.07) is 3.41. The molecule has 8 rings (SSSR count). The van der Waals surface area contributed by atoms with Gasteiger partial charge in [-0.3, -0.25) is 29.3 Å². The third-order valence-electron chi connectivity index (χ3n) is 18.6. The summed E-state index contributed by atoms with van der Waals surface area (Å²) >= 11 is 0. The summed E-state index contributed by atoms with van der Waals surface area (Å²) in [5.41, 5.74) is -0.801. The Bertz CT molecular complexity index is 2760. The molecule has 0 bridgehead atoms. The molecule has 7 aliphatic rings. The van der Waals surface area contributed by atoms with Crippen LogP contribution < -0.4 is 37.6 Å². The highest BCUT2D eigenvalue weighted by Gasteiger charge is 2.80. The highest BCUT2D eigenvalue weighted by molar-refractivity contribution is 6.01. The second kappa shape index (κ2) is 27.9. The van der Waals surface area contributed by atoms with Gasteiger partial charge in [0.25, 0.3) is 0 Å². The molecule has 0 aromatic heterocycles. The van der Waals surface area contributed by atoms with Crippen LogP contribution in [-0.2, 0) is 59.0 Å². The third-order valence-corrected chi connectivity index (χ3v) is 18.6. The second-order valence-corrected chi connectivity index (χ2v) is 24.2. The maximum absolute atomic E-state index is 17.9. The van der Waals surface area contributed by atoms with Crippen LogP contribution in [0.3, 0.4) is 0 Å². The smallest absolute Gasteiger partial charge is 0.409 e. The van der Waals surface area contributed by atoms with Crippen LogP contribution in [0, 0.1) is 58.2 Å². The average Bonchev–Trinajstić information content (AvgIpc) is 1.61. The van der Waals surface area contributed by atoms with Crippen LogP contribution in [0.5, 0.6) is 0 Å². The van der Waals surface area contributed by atoms with Crippen LogP contribution in [0.1, 0.15) is 117 Å². The van der Waals surface area contributed by atoms with Crippen LogP contribution in [0.25, 0.3) is 0 Å². The van der Waals surface area contributed by atoms with Gasteiger partial charge in [0.2, 0.25) is 17.7 Å². The number of allylic oxidation sites excluding steroid dienone is 4.